The Morgan fingerprint density at radius 3 is 2.78 bits per heavy atom. The summed E-state index contributed by atoms with van der Waals surface area (Å²) < 4.78 is 20.9. The summed E-state index contributed by atoms with van der Waals surface area (Å²) in [7, 11) is 0. The minimum Gasteiger partial charge on any atom is -0.463 e. The Balaban J connectivity index is 1.91. The van der Waals surface area contributed by atoms with Crippen LogP contribution in [0.1, 0.15) is 5.56 Å². The first-order valence-electron chi connectivity index (χ1n) is 6.98. The number of rotatable bonds is 3. The second-order valence-corrected chi connectivity index (χ2v) is 5.03. The average Bonchev–Trinajstić information content (AvgIpc) is 3.18. The maximum atomic E-state index is 13.9. The van der Waals surface area contributed by atoms with E-state index in [0.29, 0.717) is 33.9 Å². The molecule has 4 rings (SSSR count). The summed E-state index contributed by atoms with van der Waals surface area (Å²) in [5, 5.41) is 5.10. The molecule has 0 bridgehead atoms. The summed E-state index contributed by atoms with van der Waals surface area (Å²) in [6.07, 6.45) is 2.92. The van der Waals surface area contributed by atoms with E-state index in [9.17, 15) is 4.39 Å². The molecule has 0 atom stereocenters. The molecule has 114 valence electrons. The fourth-order valence-electron chi connectivity index (χ4n) is 2.51. The number of nitrogens with zero attached hydrogens (tertiary/aromatic N) is 4. The summed E-state index contributed by atoms with van der Waals surface area (Å²) in [6.45, 7) is 0.236. The highest BCUT2D eigenvalue weighted by Gasteiger charge is 2.19. The van der Waals surface area contributed by atoms with Crippen molar-refractivity contribution in [3.05, 3.63) is 60.4 Å². The highest BCUT2D eigenvalue weighted by atomic mass is 19.1. The molecule has 0 spiro atoms. The Kier molecular flexibility index (Phi) is 3.04. The fraction of sp³-hybridized carbons (Fsp3) is 0.0625. The van der Waals surface area contributed by atoms with Gasteiger partial charge >= 0.3 is 0 Å². The van der Waals surface area contributed by atoms with Crippen LogP contribution in [0.2, 0.25) is 0 Å². The van der Waals surface area contributed by atoms with Crippen LogP contribution in [0.4, 0.5) is 10.2 Å². The van der Waals surface area contributed by atoms with Crippen LogP contribution in [0.15, 0.2) is 53.4 Å². The van der Waals surface area contributed by atoms with Crippen molar-refractivity contribution < 1.29 is 8.81 Å². The Morgan fingerprint density at radius 1 is 1.13 bits per heavy atom. The van der Waals surface area contributed by atoms with Crippen molar-refractivity contribution in [1.29, 1.82) is 0 Å². The van der Waals surface area contributed by atoms with Crippen LogP contribution < -0.4 is 5.73 Å². The SMILES string of the molecule is Nc1ncnc2c1c(-c1ccco1)nn2Cc1ccccc1F. The van der Waals surface area contributed by atoms with Crippen LogP contribution >= 0.6 is 0 Å². The lowest BCUT2D eigenvalue weighted by atomic mass is 10.2. The van der Waals surface area contributed by atoms with Crippen molar-refractivity contribution in [2.75, 3.05) is 5.73 Å². The van der Waals surface area contributed by atoms with Gasteiger partial charge in [0, 0.05) is 5.56 Å². The molecule has 0 unspecified atom stereocenters. The Labute approximate surface area is 130 Å². The third-order valence-electron chi connectivity index (χ3n) is 3.59. The fourth-order valence-corrected chi connectivity index (χ4v) is 2.51. The predicted molar refractivity (Wildman–Crippen MR) is 82.9 cm³/mol. The van der Waals surface area contributed by atoms with Crippen molar-refractivity contribution in [2.24, 2.45) is 0 Å². The number of nitrogen functional groups attached to an aromatic ring is 1. The topological polar surface area (TPSA) is 82.8 Å². The molecular weight excluding hydrogens is 297 g/mol. The van der Waals surface area contributed by atoms with E-state index < -0.39 is 0 Å². The molecule has 0 radical (unpaired) electrons. The molecule has 2 N–H and O–H groups in total. The summed E-state index contributed by atoms with van der Waals surface area (Å²) in [4.78, 5) is 8.26. The molecular formula is C16H12FN5O. The molecule has 0 aliphatic rings. The molecule has 0 aliphatic carbocycles. The first-order valence-corrected chi connectivity index (χ1v) is 6.98. The molecule has 1 aromatic carbocycles. The lowest BCUT2D eigenvalue weighted by Gasteiger charge is -2.04. The maximum absolute atomic E-state index is 13.9. The Bertz CT molecular complexity index is 977. The molecule has 0 amide bonds. The molecule has 0 fully saturated rings. The predicted octanol–water partition coefficient (Wildman–Crippen LogP) is 2.86. The molecule has 7 heteroatoms. The van der Waals surface area contributed by atoms with Gasteiger partial charge in [0.1, 0.15) is 23.7 Å². The van der Waals surface area contributed by atoms with E-state index >= 15 is 0 Å². The monoisotopic (exact) mass is 309 g/mol. The third kappa shape index (κ3) is 2.22. The largest absolute Gasteiger partial charge is 0.463 e. The normalized spacial score (nSPS) is 11.2. The minimum atomic E-state index is -0.294. The minimum absolute atomic E-state index is 0.236. The number of aromatic nitrogens is 4. The lowest BCUT2D eigenvalue weighted by molar-refractivity contribution is 0.573. The zero-order chi connectivity index (χ0) is 15.8. The van der Waals surface area contributed by atoms with Crippen molar-refractivity contribution in [2.45, 2.75) is 6.54 Å². The molecule has 0 saturated heterocycles. The zero-order valence-electron chi connectivity index (χ0n) is 12.0. The average molecular weight is 309 g/mol. The maximum Gasteiger partial charge on any atom is 0.164 e. The van der Waals surface area contributed by atoms with Gasteiger partial charge in [-0.05, 0) is 18.2 Å². The van der Waals surface area contributed by atoms with Crippen molar-refractivity contribution >= 4 is 16.9 Å². The number of halogens is 1. The molecule has 3 heterocycles. The molecule has 6 nitrogen and oxygen atoms in total. The Morgan fingerprint density at radius 2 is 2.00 bits per heavy atom. The first-order chi connectivity index (χ1) is 11.2. The standard InChI is InChI=1S/C16H12FN5O/c17-11-5-2-1-4-10(11)8-22-16-13(15(18)19-9-20-16)14(21-22)12-6-3-7-23-12/h1-7,9H,8H2,(H2,18,19,20). The van der Waals surface area contributed by atoms with Gasteiger partial charge in [-0.1, -0.05) is 18.2 Å². The van der Waals surface area contributed by atoms with E-state index in [2.05, 4.69) is 15.1 Å². The van der Waals surface area contributed by atoms with Gasteiger partial charge in [-0.2, -0.15) is 5.10 Å². The second-order valence-electron chi connectivity index (χ2n) is 5.03. The van der Waals surface area contributed by atoms with Crippen LogP contribution in [0.25, 0.3) is 22.5 Å². The molecule has 23 heavy (non-hydrogen) atoms. The highest BCUT2D eigenvalue weighted by Crippen LogP contribution is 2.30. The van der Waals surface area contributed by atoms with E-state index in [4.69, 9.17) is 10.2 Å². The number of anilines is 1. The number of furan rings is 1. The van der Waals surface area contributed by atoms with Gasteiger partial charge in [-0.25, -0.2) is 19.0 Å². The summed E-state index contributed by atoms with van der Waals surface area (Å²) in [6, 6.07) is 10.1. The number of hydrogen-bond acceptors (Lipinski definition) is 5. The van der Waals surface area contributed by atoms with Gasteiger partial charge in [0.15, 0.2) is 11.4 Å². The van der Waals surface area contributed by atoms with Gasteiger partial charge in [-0.3, -0.25) is 0 Å². The third-order valence-corrected chi connectivity index (χ3v) is 3.59. The number of benzene rings is 1. The Hall–Kier alpha value is -3.22. The first kappa shape index (κ1) is 13.4. The zero-order valence-corrected chi connectivity index (χ0v) is 12.0. The number of nitrogens with two attached hydrogens (primary N) is 1. The lowest BCUT2D eigenvalue weighted by Crippen LogP contribution is -2.05. The van der Waals surface area contributed by atoms with Crippen LogP contribution in [-0.4, -0.2) is 19.7 Å². The quantitative estimate of drug-likeness (QED) is 0.629. The summed E-state index contributed by atoms with van der Waals surface area (Å²) in [5.41, 5.74) is 7.57. The van der Waals surface area contributed by atoms with Crippen molar-refractivity contribution in [3.8, 4) is 11.5 Å². The number of fused-ring (bicyclic) bond motifs is 1. The second kappa shape index (κ2) is 5.20. The van der Waals surface area contributed by atoms with E-state index in [-0.39, 0.29) is 12.4 Å². The van der Waals surface area contributed by atoms with Crippen LogP contribution in [0.3, 0.4) is 0 Å². The molecule has 0 aliphatic heterocycles. The molecule has 4 aromatic rings. The van der Waals surface area contributed by atoms with Crippen LogP contribution in [0, 0.1) is 5.82 Å². The van der Waals surface area contributed by atoms with Crippen molar-refractivity contribution in [3.63, 3.8) is 0 Å². The van der Waals surface area contributed by atoms with Crippen LogP contribution in [0.5, 0.6) is 0 Å². The number of hydrogen-bond donors (Lipinski definition) is 1. The van der Waals surface area contributed by atoms with E-state index in [1.165, 1.54) is 12.4 Å². The van der Waals surface area contributed by atoms with E-state index in [1.807, 2.05) is 0 Å². The smallest absolute Gasteiger partial charge is 0.164 e. The molecule has 3 aromatic heterocycles. The highest BCUT2D eigenvalue weighted by molar-refractivity contribution is 5.97. The van der Waals surface area contributed by atoms with Crippen molar-refractivity contribution in [1.82, 2.24) is 19.7 Å². The van der Waals surface area contributed by atoms with Gasteiger partial charge in [0.2, 0.25) is 0 Å². The van der Waals surface area contributed by atoms with Gasteiger partial charge in [-0.15, -0.1) is 0 Å². The van der Waals surface area contributed by atoms with Gasteiger partial charge in [0.25, 0.3) is 0 Å². The van der Waals surface area contributed by atoms with E-state index in [0.717, 1.165) is 0 Å². The van der Waals surface area contributed by atoms with Gasteiger partial charge in [0.05, 0.1) is 18.2 Å². The molecule has 0 saturated carbocycles. The van der Waals surface area contributed by atoms with E-state index in [1.54, 1.807) is 41.3 Å². The summed E-state index contributed by atoms with van der Waals surface area (Å²) in [5.74, 6) is 0.572. The summed E-state index contributed by atoms with van der Waals surface area (Å²) >= 11 is 0. The van der Waals surface area contributed by atoms with Crippen LogP contribution in [-0.2, 0) is 6.54 Å². The van der Waals surface area contributed by atoms with Gasteiger partial charge < -0.3 is 10.2 Å².